The maximum Gasteiger partial charge on any atom is 0.251 e. The lowest BCUT2D eigenvalue weighted by atomic mass is 10.0. The average molecular weight is 451 g/mol. The maximum absolute atomic E-state index is 12.8. The van der Waals surface area contributed by atoms with Crippen LogP contribution < -0.4 is 10.6 Å². The third-order valence-corrected chi connectivity index (χ3v) is 5.79. The quantitative estimate of drug-likeness (QED) is 0.515. The van der Waals surface area contributed by atoms with Gasteiger partial charge in [-0.2, -0.15) is 0 Å². The minimum atomic E-state index is -0.430. The summed E-state index contributed by atoms with van der Waals surface area (Å²) >= 11 is 3.51. The van der Waals surface area contributed by atoms with Crippen molar-refractivity contribution in [2.45, 2.75) is 26.3 Å². The first-order valence-electron chi connectivity index (χ1n) is 9.42. The van der Waals surface area contributed by atoms with E-state index in [1.54, 1.807) is 12.1 Å². The summed E-state index contributed by atoms with van der Waals surface area (Å²) in [5.74, 6) is -0.361. The number of hydrogen-bond donors (Lipinski definition) is 2. The van der Waals surface area contributed by atoms with Gasteiger partial charge in [0.1, 0.15) is 0 Å². The Morgan fingerprint density at radius 2 is 1.48 bits per heavy atom. The number of anilines is 1. The van der Waals surface area contributed by atoms with Gasteiger partial charge in [0.25, 0.3) is 5.91 Å². The molecular formula is C24H23BrN2O2. The Bertz CT molecular complexity index is 1000. The number of hydrogen-bond acceptors (Lipinski definition) is 2. The van der Waals surface area contributed by atoms with Crippen LogP contribution in [0.4, 0.5) is 5.69 Å². The molecule has 1 atom stereocenters. The molecule has 0 fully saturated rings. The van der Waals surface area contributed by atoms with Crippen LogP contribution in [-0.2, 0) is 4.79 Å². The van der Waals surface area contributed by atoms with Crippen LogP contribution in [-0.4, -0.2) is 11.8 Å². The minimum absolute atomic E-state index is 0.136. The van der Waals surface area contributed by atoms with E-state index < -0.39 is 6.04 Å². The van der Waals surface area contributed by atoms with Crippen LogP contribution in [0.25, 0.3) is 0 Å². The van der Waals surface area contributed by atoms with Crippen molar-refractivity contribution in [3.63, 3.8) is 0 Å². The molecule has 0 radical (unpaired) electrons. The molecule has 3 aromatic carbocycles. The van der Waals surface area contributed by atoms with E-state index in [1.165, 1.54) is 0 Å². The van der Waals surface area contributed by atoms with Crippen molar-refractivity contribution in [1.29, 1.82) is 0 Å². The number of rotatable bonds is 6. The second-order valence-corrected chi connectivity index (χ2v) is 7.75. The van der Waals surface area contributed by atoms with Gasteiger partial charge in [-0.15, -0.1) is 0 Å². The Labute approximate surface area is 179 Å². The molecule has 0 heterocycles. The molecule has 0 aromatic heterocycles. The zero-order chi connectivity index (χ0) is 20.8. The molecule has 0 bridgehead atoms. The summed E-state index contributed by atoms with van der Waals surface area (Å²) < 4.78 is 1.00. The lowest BCUT2D eigenvalue weighted by Crippen LogP contribution is -2.31. The lowest BCUT2D eigenvalue weighted by molar-refractivity contribution is -0.116. The molecule has 0 saturated carbocycles. The largest absolute Gasteiger partial charge is 0.345 e. The van der Waals surface area contributed by atoms with Crippen molar-refractivity contribution in [2.75, 3.05) is 5.32 Å². The third kappa shape index (κ3) is 5.33. The van der Waals surface area contributed by atoms with Gasteiger partial charge in [0, 0.05) is 15.7 Å². The topological polar surface area (TPSA) is 58.2 Å². The van der Waals surface area contributed by atoms with Crippen LogP contribution in [0.1, 0.15) is 39.5 Å². The van der Waals surface area contributed by atoms with Crippen LogP contribution in [0.5, 0.6) is 0 Å². The number of benzene rings is 3. The van der Waals surface area contributed by atoms with E-state index in [4.69, 9.17) is 0 Å². The zero-order valence-electron chi connectivity index (χ0n) is 16.4. The number of carbonyl (C=O) groups is 2. The van der Waals surface area contributed by atoms with Crippen LogP contribution in [0.2, 0.25) is 0 Å². The van der Waals surface area contributed by atoms with Gasteiger partial charge in [0.05, 0.1) is 12.5 Å². The normalized spacial score (nSPS) is 11.6. The average Bonchev–Trinajstić information content (AvgIpc) is 2.75. The molecule has 0 unspecified atom stereocenters. The van der Waals surface area contributed by atoms with Gasteiger partial charge in [-0.3, -0.25) is 9.59 Å². The molecule has 4 nitrogen and oxygen atoms in total. The summed E-state index contributed by atoms with van der Waals surface area (Å²) in [7, 11) is 0. The number of carbonyl (C=O) groups excluding carboxylic acids is 2. The van der Waals surface area contributed by atoms with E-state index in [0.717, 1.165) is 26.9 Å². The van der Waals surface area contributed by atoms with Crippen molar-refractivity contribution in [2.24, 2.45) is 0 Å². The van der Waals surface area contributed by atoms with Crippen molar-refractivity contribution in [3.8, 4) is 0 Å². The van der Waals surface area contributed by atoms with E-state index in [2.05, 4.69) is 26.6 Å². The molecule has 3 aromatic rings. The molecule has 0 aliphatic heterocycles. The Morgan fingerprint density at radius 3 is 2.14 bits per heavy atom. The van der Waals surface area contributed by atoms with Gasteiger partial charge < -0.3 is 10.6 Å². The Hall–Kier alpha value is -2.92. The molecule has 2 N–H and O–H groups in total. The highest BCUT2D eigenvalue weighted by atomic mass is 79.9. The fraction of sp³-hybridized carbons (Fsp3) is 0.167. The van der Waals surface area contributed by atoms with Gasteiger partial charge in [0.15, 0.2) is 0 Å². The molecule has 0 saturated heterocycles. The summed E-state index contributed by atoms with van der Waals surface area (Å²) in [5, 5.41) is 5.97. The molecule has 29 heavy (non-hydrogen) atoms. The van der Waals surface area contributed by atoms with E-state index in [0.29, 0.717) is 5.56 Å². The van der Waals surface area contributed by atoms with Gasteiger partial charge in [-0.05, 0) is 54.8 Å². The van der Waals surface area contributed by atoms with Crippen LogP contribution in [0, 0.1) is 13.8 Å². The van der Waals surface area contributed by atoms with Crippen LogP contribution in [0.3, 0.4) is 0 Å². The van der Waals surface area contributed by atoms with Crippen molar-refractivity contribution in [3.05, 3.63) is 99.5 Å². The molecular weight excluding hydrogens is 428 g/mol. The van der Waals surface area contributed by atoms with E-state index in [-0.39, 0.29) is 18.2 Å². The van der Waals surface area contributed by atoms with Crippen LogP contribution >= 0.6 is 15.9 Å². The number of nitrogens with one attached hydrogen (secondary N) is 2. The first kappa shape index (κ1) is 20.8. The Morgan fingerprint density at radius 1 is 0.862 bits per heavy atom. The van der Waals surface area contributed by atoms with Crippen molar-refractivity contribution in [1.82, 2.24) is 5.32 Å². The summed E-state index contributed by atoms with van der Waals surface area (Å²) in [4.78, 5) is 25.4. The highest BCUT2D eigenvalue weighted by Crippen LogP contribution is 2.26. The molecule has 3 rings (SSSR count). The van der Waals surface area contributed by atoms with Crippen molar-refractivity contribution >= 4 is 33.4 Å². The predicted molar refractivity (Wildman–Crippen MR) is 120 cm³/mol. The van der Waals surface area contributed by atoms with Gasteiger partial charge >= 0.3 is 0 Å². The highest BCUT2D eigenvalue weighted by molar-refractivity contribution is 9.10. The maximum atomic E-state index is 12.8. The minimum Gasteiger partial charge on any atom is -0.345 e. The predicted octanol–water partition coefficient (Wildman–Crippen LogP) is 5.57. The first-order valence-corrected chi connectivity index (χ1v) is 10.2. The van der Waals surface area contributed by atoms with Gasteiger partial charge in [0.2, 0.25) is 5.91 Å². The smallest absolute Gasteiger partial charge is 0.251 e. The Balaban J connectivity index is 1.77. The number of halogens is 1. The summed E-state index contributed by atoms with van der Waals surface area (Å²) in [5.41, 5.74) is 4.32. The second-order valence-electron chi connectivity index (χ2n) is 6.90. The fourth-order valence-corrected chi connectivity index (χ4v) is 3.51. The van der Waals surface area contributed by atoms with E-state index in [1.807, 2.05) is 74.5 Å². The van der Waals surface area contributed by atoms with Crippen LogP contribution in [0.15, 0.2) is 77.3 Å². The SMILES string of the molecule is Cc1c(Br)ccc(NC(=O)C[C@@H](NC(=O)c2ccccc2)c2ccccc2)c1C. The van der Waals surface area contributed by atoms with E-state index in [9.17, 15) is 9.59 Å². The fourth-order valence-electron chi connectivity index (χ4n) is 3.08. The standard InChI is InChI=1S/C24H23BrN2O2/c1-16-17(2)21(14-13-20(16)25)26-23(28)15-22(18-9-5-3-6-10-18)27-24(29)19-11-7-4-8-12-19/h3-14,22H,15H2,1-2H3,(H,26,28)(H,27,29)/t22-/m1/s1. The summed E-state index contributed by atoms with van der Waals surface area (Å²) in [6.45, 7) is 3.98. The zero-order valence-corrected chi connectivity index (χ0v) is 18.0. The monoisotopic (exact) mass is 450 g/mol. The first-order chi connectivity index (χ1) is 14.0. The Kier molecular flexibility index (Phi) is 6.83. The summed E-state index contributed by atoms with van der Waals surface area (Å²) in [6, 6.07) is 21.9. The van der Waals surface area contributed by atoms with Gasteiger partial charge in [-0.25, -0.2) is 0 Å². The molecule has 5 heteroatoms. The van der Waals surface area contributed by atoms with Crippen molar-refractivity contribution < 1.29 is 9.59 Å². The lowest BCUT2D eigenvalue weighted by Gasteiger charge is -2.20. The molecule has 0 aliphatic rings. The number of amides is 2. The molecule has 2 amide bonds. The third-order valence-electron chi connectivity index (χ3n) is 4.93. The molecule has 0 aliphatic carbocycles. The van der Waals surface area contributed by atoms with Gasteiger partial charge in [-0.1, -0.05) is 64.5 Å². The van der Waals surface area contributed by atoms with E-state index >= 15 is 0 Å². The highest BCUT2D eigenvalue weighted by Gasteiger charge is 2.20. The molecule has 148 valence electrons. The summed E-state index contributed by atoms with van der Waals surface area (Å²) in [6.07, 6.45) is 0.136. The second kappa shape index (κ2) is 9.52. The molecule has 0 spiro atoms.